The van der Waals surface area contributed by atoms with Crippen molar-refractivity contribution in [2.45, 2.75) is 6.42 Å². The lowest BCUT2D eigenvalue weighted by Gasteiger charge is -2.15. The molecule has 0 radical (unpaired) electrons. The molecule has 2 aromatic carbocycles. The van der Waals surface area contributed by atoms with E-state index >= 15 is 0 Å². The van der Waals surface area contributed by atoms with Crippen molar-refractivity contribution in [1.82, 2.24) is 5.32 Å². The molecular weight excluding hydrogens is 422 g/mol. The number of amidine groups is 1. The van der Waals surface area contributed by atoms with Crippen LogP contribution in [0.2, 0.25) is 20.1 Å². The highest BCUT2D eigenvalue weighted by Gasteiger charge is 2.30. The predicted molar refractivity (Wildman–Crippen MR) is 104 cm³/mol. The minimum Gasteiger partial charge on any atom is -0.399 e. The first kappa shape index (κ1) is 18.8. The molecule has 0 aromatic heterocycles. The molecule has 0 bridgehead atoms. The molecule has 3 N–H and O–H groups in total. The van der Waals surface area contributed by atoms with E-state index in [9.17, 15) is 9.59 Å². The second-order valence-electron chi connectivity index (χ2n) is 5.34. The topological polar surface area (TPSA) is 87.8 Å². The van der Waals surface area contributed by atoms with E-state index in [0.29, 0.717) is 10.7 Å². The molecule has 0 saturated heterocycles. The molecule has 1 aliphatic heterocycles. The van der Waals surface area contributed by atoms with Gasteiger partial charge in [0, 0.05) is 10.7 Å². The molecule has 0 saturated carbocycles. The number of carbonyl (C=O) groups is 2. The average Bonchev–Trinajstić information content (AvgIpc) is 2.89. The molecule has 2 aromatic rings. The Bertz CT molecular complexity index is 938. The van der Waals surface area contributed by atoms with Gasteiger partial charge >= 0.3 is 0 Å². The Morgan fingerprint density at radius 3 is 2.38 bits per heavy atom. The molecule has 0 fully saturated rings. The first-order chi connectivity index (χ1) is 12.3. The highest BCUT2D eigenvalue weighted by Crippen LogP contribution is 2.38. The van der Waals surface area contributed by atoms with Gasteiger partial charge in [0.05, 0.1) is 27.1 Å². The van der Waals surface area contributed by atoms with Crippen molar-refractivity contribution < 1.29 is 9.59 Å². The number of anilines is 2. The van der Waals surface area contributed by atoms with E-state index in [0.717, 1.165) is 5.01 Å². The Labute approximate surface area is 168 Å². The number of nitrogen functional groups attached to an aromatic ring is 1. The molecule has 0 spiro atoms. The van der Waals surface area contributed by atoms with Crippen LogP contribution in [-0.2, 0) is 4.79 Å². The summed E-state index contributed by atoms with van der Waals surface area (Å²) in [6.07, 6.45) is -0.138. The van der Waals surface area contributed by atoms with E-state index < -0.39 is 11.8 Å². The summed E-state index contributed by atoms with van der Waals surface area (Å²) in [7, 11) is 0. The van der Waals surface area contributed by atoms with Gasteiger partial charge in [-0.1, -0.05) is 46.4 Å². The lowest BCUT2D eigenvalue weighted by atomic mass is 10.2. The summed E-state index contributed by atoms with van der Waals surface area (Å²) in [6, 6.07) is 7.39. The van der Waals surface area contributed by atoms with Gasteiger partial charge in [-0.15, -0.1) is 0 Å². The number of hydrazone groups is 1. The number of nitrogens with two attached hydrogens (primary N) is 1. The molecule has 2 amide bonds. The van der Waals surface area contributed by atoms with Crippen molar-refractivity contribution in [2.75, 3.05) is 10.7 Å². The van der Waals surface area contributed by atoms with Gasteiger partial charge in [-0.3, -0.25) is 9.59 Å². The average molecular weight is 432 g/mol. The molecule has 0 aliphatic carbocycles. The molecule has 26 heavy (non-hydrogen) atoms. The van der Waals surface area contributed by atoms with Crippen LogP contribution in [0.3, 0.4) is 0 Å². The molecule has 1 heterocycles. The van der Waals surface area contributed by atoms with Gasteiger partial charge in [0.1, 0.15) is 11.5 Å². The Morgan fingerprint density at radius 1 is 1.08 bits per heavy atom. The van der Waals surface area contributed by atoms with E-state index in [1.165, 1.54) is 24.3 Å². The number of halogens is 4. The molecule has 134 valence electrons. The zero-order valence-electron chi connectivity index (χ0n) is 12.9. The van der Waals surface area contributed by atoms with E-state index in [-0.39, 0.29) is 38.6 Å². The smallest absolute Gasteiger partial charge is 0.258 e. The summed E-state index contributed by atoms with van der Waals surface area (Å²) in [4.78, 5) is 24.6. The van der Waals surface area contributed by atoms with Crippen LogP contribution in [0.4, 0.5) is 11.4 Å². The van der Waals surface area contributed by atoms with Crippen molar-refractivity contribution >= 4 is 75.4 Å². The monoisotopic (exact) mass is 430 g/mol. The molecule has 0 atom stereocenters. The van der Waals surface area contributed by atoms with Gasteiger partial charge < -0.3 is 11.1 Å². The van der Waals surface area contributed by atoms with Crippen LogP contribution < -0.4 is 16.1 Å². The van der Waals surface area contributed by atoms with Gasteiger partial charge in [0.25, 0.3) is 11.8 Å². The SMILES string of the molecule is Nc1ccc(Cl)c(C(=O)NC2=NN(c3c(Cl)cc(Cl)cc3Cl)C(=O)C2)c1. The van der Waals surface area contributed by atoms with Gasteiger partial charge in [-0.05, 0) is 30.3 Å². The zero-order valence-corrected chi connectivity index (χ0v) is 15.9. The Kier molecular flexibility index (Phi) is 5.29. The maximum absolute atomic E-state index is 12.4. The lowest BCUT2D eigenvalue weighted by molar-refractivity contribution is -0.116. The molecule has 10 heteroatoms. The highest BCUT2D eigenvalue weighted by atomic mass is 35.5. The standard InChI is InChI=1S/C16H10Cl4N4O2/c17-7-3-11(19)15(12(20)4-7)24-14(25)6-13(23-24)22-16(26)9-5-8(21)1-2-10(9)18/h1-5H,6,21H2,(H,22,23,26). The fraction of sp³-hybridized carbons (Fsp3) is 0.0625. The Morgan fingerprint density at radius 2 is 1.73 bits per heavy atom. The summed E-state index contributed by atoms with van der Waals surface area (Å²) in [5.41, 5.74) is 6.41. The molecule has 1 aliphatic rings. The third kappa shape index (κ3) is 3.73. The van der Waals surface area contributed by atoms with Gasteiger partial charge in [0.2, 0.25) is 0 Å². The van der Waals surface area contributed by atoms with Crippen LogP contribution in [0.1, 0.15) is 16.8 Å². The van der Waals surface area contributed by atoms with E-state index in [4.69, 9.17) is 52.1 Å². The zero-order chi connectivity index (χ0) is 19.0. The van der Waals surface area contributed by atoms with Crippen molar-refractivity contribution in [1.29, 1.82) is 0 Å². The quantitative estimate of drug-likeness (QED) is 0.692. The molecule has 3 rings (SSSR count). The summed E-state index contributed by atoms with van der Waals surface area (Å²) >= 11 is 24.1. The van der Waals surface area contributed by atoms with E-state index in [1.54, 1.807) is 6.07 Å². The van der Waals surface area contributed by atoms with E-state index in [2.05, 4.69) is 10.4 Å². The van der Waals surface area contributed by atoms with Crippen molar-refractivity contribution in [2.24, 2.45) is 5.10 Å². The van der Waals surface area contributed by atoms with Crippen molar-refractivity contribution in [3.63, 3.8) is 0 Å². The van der Waals surface area contributed by atoms with Crippen LogP contribution in [0.15, 0.2) is 35.4 Å². The molecule has 0 unspecified atom stereocenters. The van der Waals surface area contributed by atoms with Crippen LogP contribution in [0, 0.1) is 0 Å². The number of benzene rings is 2. The highest BCUT2D eigenvalue weighted by molar-refractivity contribution is 6.42. The second kappa shape index (κ2) is 7.32. The number of amides is 2. The number of nitrogens with one attached hydrogen (secondary N) is 1. The normalized spacial score (nSPS) is 13.8. The second-order valence-corrected chi connectivity index (χ2v) is 7.00. The predicted octanol–water partition coefficient (Wildman–Crippen LogP) is 4.36. The van der Waals surface area contributed by atoms with Crippen LogP contribution in [0.5, 0.6) is 0 Å². The summed E-state index contributed by atoms with van der Waals surface area (Å²) in [5.74, 6) is -0.824. The van der Waals surface area contributed by atoms with Crippen molar-refractivity contribution in [3.8, 4) is 0 Å². The Hall–Kier alpha value is -1.99. The van der Waals surface area contributed by atoms with Crippen LogP contribution in [-0.4, -0.2) is 17.6 Å². The fourth-order valence-electron chi connectivity index (χ4n) is 2.33. The fourth-order valence-corrected chi connectivity index (χ4v) is 3.51. The largest absolute Gasteiger partial charge is 0.399 e. The van der Waals surface area contributed by atoms with Crippen molar-refractivity contribution in [3.05, 3.63) is 56.0 Å². The minimum absolute atomic E-state index is 0.126. The van der Waals surface area contributed by atoms with Crippen LogP contribution >= 0.6 is 46.4 Å². The third-order valence-electron chi connectivity index (χ3n) is 3.46. The summed E-state index contributed by atoms with van der Waals surface area (Å²) in [6.45, 7) is 0. The van der Waals surface area contributed by atoms with Gasteiger partial charge in [0.15, 0.2) is 0 Å². The maximum atomic E-state index is 12.4. The third-order valence-corrected chi connectivity index (χ3v) is 4.59. The lowest BCUT2D eigenvalue weighted by Crippen LogP contribution is -2.30. The Balaban J connectivity index is 1.87. The van der Waals surface area contributed by atoms with Gasteiger partial charge in [-0.25, -0.2) is 0 Å². The summed E-state index contributed by atoms with van der Waals surface area (Å²) < 4.78 is 0. The van der Waals surface area contributed by atoms with E-state index in [1.807, 2.05) is 0 Å². The number of hydrogen-bond acceptors (Lipinski definition) is 4. The first-order valence-electron chi connectivity index (χ1n) is 7.17. The number of carbonyl (C=O) groups excluding carboxylic acids is 2. The minimum atomic E-state index is -0.538. The molecular formula is C16H10Cl4N4O2. The van der Waals surface area contributed by atoms with Gasteiger partial charge in [-0.2, -0.15) is 10.1 Å². The number of nitrogens with zero attached hydrogens (tertiary/aromatic N) is 2. The first-order valence-corrected chi connectivity index (χ1v) is 8.69. The number of hydrogen-bond donors (Lipinski definition) is 2. The summed E-state index contributed by atoms with van der Waals surface area (Å²) in [5, 5.41) is 8.52. The number of rotatable bonds is 2. The maximum Gasteiger partial charge on any atom is 0.258 e. The van der Waals surface area contributed by atoms with Crippen LogP contribution in [0.25, 0.3) is 0 Å². The molecule has 6 nitrogen and oxygen atoms in total.